The summed E-state index contributed by atoms with van der Waals surface area (Å²) < 4.78 is 1.97. The number of rotatable bonds is 8. The average Bonchev–Trinajstić information content (AvgIpc) is 3.38. The molecule has 0 aliphatic rings. The smallest absolute Gasteiger partial charge is 0.107 e. The molecule has 136 valence electrons. The van der Waals surface area contributed by atoms with Crippen LogP contribution < -0.4 is 0 Å². The first-order valence-electron chi connectivity index (χ1n) is 9.06. The van der Waals surface area contributed by atoms with Gasteiger partial charge in [-0.25, -0.2) is 4.98 Å². The van der Waals surface area contributed by atoms with Crippen LogP contribution in [-0.2, 0) is 26.2 Å². The van der Waals surface area contributed by atoms with Gasteiger partial charge in [-0.15, -0.1) is 11.3 Å². The maximum Gasteiger partial charge on any atom is 0.107 e. The van der Waals surface area contributed by atoms with E-state index in [1.54, 1.807) is 11.3 Å². The predicted octanol–water partition coefficient (Wildman–Crippen LogP) is 4.59. The Labute approximate surface area is 163 Å². The van der Waals surface area contributed by atoms with Crippen LogP contribution in [0.4, 0.5) is 0 Å². The monoisotopic (exact) mass is 374 g/mol. The Balaban J connectivity index is 1.55. The molecule has 0 amide bonds. The second-order valence-electron chi connectivity index (χ2n) is 6.53. The maximum absolute atomic E-state index is 4.49. The molecular weight excluding hydrogens is 352 g/mol. The summed E-state index contributed by atoms with van der Waals surface area (Å²) in [6.45, 7) is 3.42. The van der Waals surface area contributed by atoms with Crippen LogP contribution in [0.15, 0.2) is 84.6 Å². The molecule has 4 rings (SSSR count). The van der Waals surface area contributed by atoms with E-state index in [0.29, 0.717) is 0 Å². The lowest BCUT2D eigenvalue weighted by molar-refractivity contribution is 0.246. The van der Waals surface area contributed by atoms with Gasteiger partial charge in [-0.05, 0) is 22.8 Å². The van der Waals surface area contributed by atoms with Crippen molar-refractivity contribution < 1.29 is 0 Å². The van der Waals surface area contributed by atoms with Crippen molar-refractivity contribution in [1.29, 1.82) is 0 Å². The lowest BCUT2D eigenvalue weighted by Crippen LogP contribution is -2.23. The van der Waals surface area contributed by atoms with Gasteiger partial charge in [0.05, 0.1) is 13.1 Å². The molecule has 4 nitrogen and oxygen atoms in total. The van der Waals surface area contributed by atoms with Gasteiger partial charge in [-0.2, -0.15) is 5.10 Å². The van der Waals surface area contributed by atoms with Gasteiger partial charge < -0.3 is 0 Å². The first-order chi connectivity index (χ1) is 13.4. The van der Waals surface area contributed by atoms with Crippen LogP contribution in [0, 0.1) is 0 Å². The number of nitrogens with zero attached hydrogens (tertiary/aromatic N) is 4. The molecule has 2 aromatic heterocycles. The number of benzene rings is 2. The molecule has 5 heteroatoms. The molecule has 4 aromatic rings. The predicted molar refractivity (Wildman–Crippen MR) is 109 cm³/mol. The van der Waals surface area contributed by atoms with Gasteiger partial charge in [-0.3, -0.25) is 9.58 Å². The summed E-state index contributed by atoms with van der Waals surface area (Å²) in [5.74, 6) is 0. The molecule has 2 heterocycles. The van der Waals surface area contributed by atoms with Gasteiger partial charge in [0, 0.05) is 37.1 Å². The van der Waals surface area contributed by atoms with Crippen molar-refractivity contribution in [3.05, 3.63) is 106 Å². The molecule has 0 aliphatic heterocycles. The number of hydrogen-bond donors (Lipinski definition) is 0. The number of aromatic nitrogens is 3. The summed E-state index contributed by atoms with van der Waals surface area (Å²) in [6.07, 6.45) is 5.72. The van der Waals surface area contributed by atoms with Gasteiger partial charge in [0.15, 0.2) is 0 Å². The van der Waals surface area contributed by atoms with Gasteiger partial charge >= 0.3 is 0 Å². The molecule has 0 aliphatic carbocycles. The second kappa shape index (κ2) is 8.75. The summed E-state index contributed by atoms with van der Waals surface area (Å²) in [5.41, 5.74) is 3.96. The number of hydrogen-bond acceptors (Lipinski definition) is 4. The van der Waals surface area contributed by atoms with E-state index in [4.69, 9.17) is 0 Å². The Hall–Kier alpha value is -2.76. The van der Waals surface area contributed by atoms with Gasteiger partial charge in [-0.1, -0.05) is 54.6 Å². The van der Waals surface area contributed by atoms with Crippen LogP contribution in [0.2, 0.25) is 0 Å². The molecule has 0 fully saturated rings. The van der Waals surface area contributed by atoms with Crippen molar-refractivity contribution in [2.45, 2.75) is 26.2 Å². The third-order valence-electron chi connectivity index (χ3n) is 4.50. The van der Waals surface area contributed by atoms with E-state index in [0.717, 1.165) is 31.2 Å². The summed E-state index contributed by atoms with van der Waals surface area (Å²) in [4.78, 5) is 6.94. The Bertz CT molecular complexity index is 934. The molecule has 0 unspecified atom stereocenters. The lowest BCUT2D eigenvalue weighted by atomic mass is 10.1. The maximum atomic E-state index is 4.49. The quantitative estimate of drug-likeness (QED) is 0.452. The van der Waals surface area contributed by atoms with E-state index >= 15 is 0 Å². The lowest BCUT2D eigenvalue weighted by Gasteiger charge is -2.23. The molecule has 27 heavy (non-hydrogen) atoms. The molecular formula is C22H22N4S. The minimum atomic E-state index is 0.791. The van der Waals surface area contributed by atoms with Gasteiger partial charge in [0.2, 0.25) is 0 Å². The Morgan fingerprint density at radius 3 is 2.37 bits per heavy atom. The third kappa shape index (κ3) is 4.90. The van der Waals surface area contributed by atoms with Crippen LogP contribution in [0.1, 0.15) is 21.7 Å². The molecule has 0 saturated heterocycles. The zero-order chi connectivity index (χ0) is 18.3. The summed E-state index contributed by atoms with van der Waals surface area (Å²) >= 11 is 1.71. The summed E-state index contributed by atoms with van der Waals surface area (Å²) in [5, 5.41) is 7.55. The molecule has 0 radical (unpaired) electrons. The van der Waals surface area contributed by atoms with Crippen LogP contribution >= 0.6 is 11.3 Å². The molecule has 0 atom stereocenters. The molecule has 0 spiro atoms. The van der Waals surface area contributed by atoms with Crippen LogP contribution in [0.25, 0.3) is 0 Å². The van der Waals surface area contributed by atoms with Crippen LogP contribution in [0.3, 0.4) is 0 Å². The van der Waals surface area contributed by atoms with Crippen molar-refractivity contribution in [3.8, 4) is 0 Å². The van der Waals surface area contributed by atoms with Crippen molar-refractivity contribution in [2.75, 3.05) is 0 Å². The van der Waals surface area contributed by atoms with Gasteiger partial charge in [0.25, 0.3) is 0 Å². The SMILES string of the molecule is c1ccc(CN(Cc2nccs2)Cc2ccccc2Cn2cccn2)cc1. The first kappa shape index (κ1) is 17.6. The first-order valence-corrected chi connectivity index (χ1v) is 9.93. The largest absolute Gasteiger partial charge is 0.288 e. The summed E-state index contributed by atoms with van der Waals surface area (Å²) in [6, 6.07) is 21.2. The van der Waals surface area contributed by atoms with Crippen molar-refractivity contribution >= 4 is 11.3 Å². The van der Waals surface area contributed by atoms with E-state index in [9.17, 15) is 0 Å². The highest BCUT2D eigenvalue weighted by Gasteiger charge is 2.12. The third-order valence-corrected chi connectivity index (χ3v) is 5.26. The highest BCUT2D eigenvalue weighted by atomic mass is 32.1. The fourth-order valence-corrected chi connectivity index (χ4v) is 3.86. The highest BCUT2D eigenvalue weighted by molar-refractivity contribution is 7.09. The van der Waals surface area contributed by atoms with E-state index in [1.165, 1.54) is 16.7 Å². The van der Waals surface area contributed by atoms with E-state index in [1.807, 2.05) is 34.7 Å². The Kier molecular flexibility index (Phi) is 5.72. The van der Waals surface area contributed by atoms with Crippen molar-refractivity contribution in [1.82, 2.24) is 19.7 Å². The molecule has 0 bridgehead atoms. The Morgan fingerprint density at radius 2 is 1.63 bits per heavy atom. The fraction of sp³-hybridized carbons (Fsp3) is 0.182. The van der Waals surface area contributed by atoms with Crippen molar-refractivity contribution in [3.63, 3.8) is 0 Å². The van der Waals surface area contributed by atoms with E-state index in [-0.39, 0.29) is 0 Å². The minimum absolute atomic E-state index is 0.791. The zero-order valence-electron chi connectivity index (χ0n) is 15.1. The Morgan fingerprint density at radius 1 is 0.815 bits per heavy atom. The molecule has 0 N–H and O–H groups in total. The molecule has 2 aromatic carbocycles. The second-order valence-corrected chi connectivity index (χ2v) is 7.51. The topological polar surface area (TPSA) is 34.0 Å². The fourth-order valence-electron chi connectivity index (χ4n) is 3.21. The number of thiazole rings is 1. The normalized spacial score (nSPS) is 11.1. The minimum Gasteiger partial charge on any atom is -0.288 e. The summed E-state index contributed by atoms with van der Waals surface area (Å²) in [7, 11) is 0. The van der Waals surface area contributed by atoms with Crippen LogP contribution in [0.5, 0.6) is 0 Å². The van der Waals surface area contributed by atoms with Crippen LogP contribution in [-0.4, -0.2) is 19.7 Å². The molecule has 0 saturated carbocycles. The van der Waals surface area contributed by atoms with Crippen molar-refractivity contribution in [2.24, 2.45) is 0 Å². The van der Waals surface area contributed by atoms with E-state index in [2.05, 4.69) is 69.6 Å². The van der Waals surface area contributed by atoms with Gasteiger partial charge in [0.1, 0.15) is 5.01 Å². The zero-order valence-corrected chi connectivity index (χ0v) is 15.9. The average molecular weight is 375 g/mol. The highest BCUT2D eigenvalue weighted by Crippen LogP contribution is 2.18. The van der Waals surface area contributed by atoms with E-state index < -0.39 is 0 Å². The standard InChI is InChI=1S/C22H22N4S/c1-2-7-19(8-3-1)15-25(18-22-23-12-14-27-22)16-20-9-4-5-10-21(20)17-26-13-6-11-24-26/h1-14H,15-18H2.